The van der Waals surface area contributed by atoms with Crippen molar-refractivity contribution in [3.8, 4) is 28.4 Å². The van der Waals surface area contributed by atoms with Gasteiger partial charge in [0.15, 0.2) is 5.69 Å². The van der Waals surface area contributed by atoms with E-state index in [0.717, 1.165) is 32.1 Å². The number of amides is 2. The van der Waals surface area contributed by atoms with Gasteiger partial charge in [0.05, 0.1) is 41.8 Å². The number of carboxylic acid groups (broad SMARTS) is 1. The van der Waals surface area contributed by atoms with Crippen molar-refractivity contribution in [3.05, 3.63) is 58.7 Å². The maximum atomic E-state index is 14.1. The van der Waals surface area contributed by atoms with Gasteiger partial charge in [0.2, 0.25) is 0 Å². The van der Waals surface area contributed by atoms with Crippen LogP contribution in [0.4, 0.5) is 0 Å². The van der Waals surface area contributed by atoms with E-state index in [1.807, 2.05) is 19.0 Å². The minimum Gasteiger partial charge on any atom is -0.496 e. The molecule has 7 rings (SSSR count). The number of nitrogens with zero attached hydrogens (tertiary/aromatic N) is 4. The fraction of sp³-hybridized carbons (Fsp3) is 0.486. The lowest BCUT2D eigenvalue weighted by Crippen LogP contribution is -2.70. The highest BCUT2D eigenvalue weighted by atomic mass is 35.5. The second-order valence-corrected chi connectivity index (χ2v) is 13.9. The maximum Gasteiger partial charge on any atom is 0.330 e. The third kappa shape index (κ3) is 5.84. The molecule has 2 aromatic carbocycles. The summed E-state index contributed by atoms with van der Waals surface area (Å²) >= 11 is 6.56. The summed E-state index contributed by atoms with van der Waals surface area (Å²) in [6, 6.07) is 12.0. The molecular weight excluding hydrogens is 622 g/mol. The zero-order valence-electron chi connectivity index (χ0n) is 27.5. The highest BCUT2D eigenvalue weighted by molar-refractivity contribution is 6.33. The van der Waals surface area contributed by atoms with Gasteiger partial charge in [0.25, 0.3) is 11.8 Å². The number of rotatable bonds is 11. The molecule has 1 heterocycles. The Kier molecular flexibility index (Phi) is 8.97. The zero-order valence-corrected chi connectivity index (χ0v) is 28.2. The van der Waals surface area contributed by atoms with Gasteiger partial charge in [-0.2, -0.15) is 5.10 Å². The number of hydrogen-bond donors (Lipinski definition) is 2. The fourth-order valence-corrected chi connectivity index (χ4v) is 8.42. The van der Waals surface area contributed by atoms with E-state index >= 15 is 0 Å². The molecule has 0 saturated heterocycles. The van der Waals surface area contributed by atoms with Gasteiger partial charge in [-0.3, -0.25) is 9.59 Å². The van der Waals surface area contributed by atoms with Crippen molar-refractivity contribution in [1.82, 2.24) is 24.9 Å². The van der Waals surface area contributed by atoms with Crippen molar-refractivity contribution < 1.29 is 29.0 Å². The fourth-order valence-electron chi connectivity index (χ4n) is 8.22. The summed E-state index contributed by atoms with van der Waals surface area (Å²) in [6.45, 7) is 1.17. The van der Waals surface area contributed by atoms with Crippen molar-refractivity contribution in [2.75, 3.05) is 48.5 Å². The summed E-state index contributed by atoms with van der Waals surface area (Å²) < 4.78 is 13.0. The first kappa shape index (κ1) is 32.8. The van der Waals surface area contributed by atoms with E-state index in [1.165, 1.54) is 14.2 Å². The standard InChI is InChI=1S/C35H42ClN5O6/c1-39(2)11-12-40(3)33(43)25-18-24(9-10-26(25)36)41-28(31-29(46-4)7-6-8-30(31)47-5)19-27(38-41)32(42)37-35(34(44)45)22-14-20-13-21(16-22)17-23(35)15-20/h6-10,18-23H,11-17H2,1-5H3,(H,37,42)(H,44,45). The molecule has 2 N–H and O–H groups in total. The second-order valence-electron chi connectivity index (χ2n) is 13.5. The number of ether oxygens (including phenoxy) is 2. The molecule has 0 atom stereocenters. The molecule has 4 bridgehead atoms. The smallest absolute Gasteiger partial charge is 0.330 e. The van der Waals surface area contributed by atoms with Crippen LogP contribution in [0.3, 0.4) is 0 Å². The molecule has 11 nitrogen and oxygen atoms in total. The number of likely N-dealkylation sites (N-methyl/N-ethyl adjacent to an activating group) is 2. The van der Waals surface area contributed by atoms with Crippen LogP contribution >= 0.6 is 11.6 Å². The zero-order chi connectivity index (χ0) is 33.6. The summed E-state index contributed by atoms with van der Waals surface area (Å²) in [4.78, 5) is 44.2. The summed E-state index contributed by atoms with van der Waals surface area (Å²) in [6.07, 6.45) is 4.39. The van der Waals surface area contributed by atoms with Gasteiger partial charge >= 0.3 is 5.97 Å². The highest BCUT2D eigenvalue weighted by Gasteiger charge is 2.62. The van der Waals surface area contributed by atoms with Crippen LogP contribution in [-0.2, 0) is 4.79 Å². The number of nitrogens with one attached hydrogen (secondary N) is 1. The average Bonchev–Trinajstić information content (AvgIpc) is 3.49. The van der Waals surface area contributed by atoms with Gasteiger partial charge in [0, 0.05) is 20.1 Å². The topological polar surface area (TPSA) is 126 Å². The first-order valence-electron chi connectivity index (χ1n) is 16.0. The number of carbonyl (C=O) groups is 3. The third-order valence-electron chi connectivity index (χ3n) is 10.4. The molecule has 47 heavy (non-hydrogen) atoms. The third-order valence-corrected chi connectivity index (χ3v) is 10.7. The molecule has 1 aromatic heterocycles. The molecule has 0 spiro atoms. The van der Waals surface area contributed by atoms with Crippen LogP contribution in [0.15, 0.2) is 42.5 Å². The van der Waals surface area contributed by atoms with Crippen LogP contribution in [0.5, 0.6) is 11.5 Å². The normalized spacial score (nSPS) is 24.3. The van der Waals surface area contributed by atoms with Crippen molar-refractivity contribution in [2.45, 2.75) is 37.6 Å². The van der Waals surface area contributed by atoms with Crippen molar-refractivity contribution >= 4 is 29.4 Å². The number of methoxy groups -OCH3 is 2. The average molecular weight is 664 g/mol. The first-order valence-corrected chi connectivity index (χ1v) is 16.4. The lowest BCUT2D eigenvalue weighted by Gasteiger charge is -2.59. The molecule has 4 aliphatic carbocycles. The molecule has 0 radical (unpaired) electrons. The Labute approximate surface area is 279 Å². The minimum atomic E-state index is -1.34. The monoisotopic (exact) mass is 663 g/mol. The molecule has 2 amide bonds. The van der Waals surface area contributed by atoms with Gasteiger partial charge in [0.1, 0.15) is 17.0 Å². The number of halogens is 1. The quantitative estimate of drug-likeness (QED) is 0.298. The Morgan fingerprint density at radius 1 is 0.957 bits per heavy atom. The molecule has 250 valence electrons. The van der Waals surface area contributed by atoms with E-state index in [-0.39, 0.29) is 34.0 Å². The number of carboxylic acids is 1. The van der Waals surface area contributed by atoms with Gasteiger partial charge in [-0.25, -0.2) is 9.48 Å². The SMILES string of the molecule is COc1cccc(OC)c1-c1cc(C(=O)NC2(C(=O)O)C3CC4CC(C3)CC2C4)nn1-c1ccc(Cl)c(C(=O)N(C)CCN(C)C)c1. The molecule has 12 heteroatoms. The summed E-state index contributed by atoms with van der Waals surface area (Å²) in [5.74, 6) is -0.0408. The number of benzene rings is 2. The van der Waals surface area contributed by atoms with Gasteiger partial charge in [-0.15, -0.1) is 0 Å². The van der Waals surface area contributed by atoms with Crippen LogP contribution in [0, 0.1) is 23.7 Å². The molecule has 3 aromatic rings. The summed E-state index contributed by atoms with van der Waals surface area (Å²) in [5, 5.41) is 18.7. The van der Waals surface area contributed by atoms with Crippen molar-refractivity contribution in [1.29, 1.82) is 0 Å². The van der Waals surface area contributed by atoms with E-state index in [9.17, 15) is 19.5 Å². The predicted molar refractivity (Wildman–Crippen MR) is 178 cm³/mol. The van der Waals surface area contributed by atoms with Crippen LogP contribution < -0.4 is 14.8 Å². The number of carbonyl (C=O) groups excluding carboxylic acids is 2. The van der Waals surface area contributed by atoms with Gasteiger partial charge in [-0.1, -0.05) is 17.7 Å². The largest absolute Gasteiger partial charge is 0.496 e. The van der Waals surface area contributed by atoms with Gasteiger partial charge < -0.3 is 29.7 Å². The Hall–Kier alpha value is -4.09. The van der Waals surface area contributed by atoms with Crippen LogP contribution in [0.25, 0.3) is 16.9 Å². The Morgan fingerprint density at radius 2 is 1.57 bits per heavy atom. The van der Waals surface area contributed by atoms with E-state index in [4.69, 9.17) is 26.2 Å². The number of hydrogen-bond acceptors (Lipinski definition) is 7. The second kappa shape index (κ2) is 12.8. The molecule has 4 aliphatic rings. The maximum absolute atomic E-state index is 14.1. The number of aromatic nitrogens is 2. The van der Waals surface area contributed by atoms with E-state index < -0.39 is 17.4 Å². The van der Waals surface area contributed by atoms with Crippen molar-refractivity contribution in [3.63, 3.8) is 0 Å². The van der Waals surface area contributed by atoms with Crippen LogP contribution in [0.2, 0.25) is 5.02 Å². The Morgan fingerprint density at radius 3 is 2.13 bits per heavy atom. The Balaban J connectivity index is 1.44. The summed E-state index contributed by atoms with van der Waals surface area (Å²) in [7, 11) is 8.67. The predicted octanol–water partition coefficient (Wildman–Crippen LogP) is 4.85. The van der Waals surface area contributed by atoms with E-state index in [0.29, 0.717) is 53.4 Å². The number of aliphatic carboxylic acids is 1. The lowest BCUT2D eigenvalue weighted by atomic mass is 9.48. The van der Waals surface area contributed by atoms with Crippen LogP contribution in [-0.4, -0.2) is 96.5 Å². The molecule has 4 saturated carbocycles. The lowest BCUT2D eigenvalue weighted by molar-refractivity contribution is -0.163. The van der Waals surface area contributed by atoms with Crippen LogP contribution in [0.1, 0.15) is 53.0 Å². The molecular formula is C35H42ClN5O6. The highest BCUT2D eigenvalue weighted by Crippen LogP contribution is 2.58. The minimum absolute atomic E-state index is 0.0355. The van der Waals surface area contributed by atoms with Crippen molar-refractivity contribution in [2.24, 2.45) is 23.7 Å². The van der Waals surface area contributed by atoms with E-state index in [2.05, 4.69) is 5.32 Å². The summed E-state index contributed by atoms with van der Waals surface area (Å²) in [5.41, 5.74) is 0.450. The first-order chi connectivity index (χ1) is 22.5. The van der Waals surface area contributed by atoms with Gasteiger partial charge in [-0.05, 0) is 106 Å². The van der Waals surface area contributed by atoms with E-state index in [1.54, 1.807) is 59.1 Å². The Bertz CT molecular complexity index is 1650. The molecule has 4 fully saturated rings. The molecule has 0 unspecified atom stereocenters. The molecule has 0 aliphatic heterocycles.